The van der Waals surface area contributed by atoms with Gasteiger partial charge in [-0.25, -0.2) is 0 Å². The SMILES string of the molecule is Cc1[nH]n(C(N)=S)c(=O)c1N=Nc1cc(Cl)c(Cl)c(Cl)c1. The lowest BCUT2D eigenvalue weighted by Crippen LogP contribution is -2.29. The number of aromatic nitrogens is 2. The van der Waals surface area contributed by atoms with Crippen LogP contribution in [0.25, 0.3) is 0 Å². The number of hydrogen-bond acceptors (Lipinski definition) is 4. The van der Waals surface area contributed by atoms with E-state index in [1.807, 2.05) is 0 Å². The number of nitrogens with one attached hydrogen (secondary N) is 1. The summed E-state index contributed by atoms with van der Waals surface area (Å²) in [6.45, 7) is 1.65. The zero-order chi connectivity index (χ0) is 15.7. The summed E-state index contributed by atoms with van der Waals surface area (Å²) in [4.78, 5) is 12.0. The number of nitrogens with two attached hydrogens (primary N) is 1. The zero-order valence-corrected chi connectivity index (χ0v) is 13.6. The van der Waals surface area contributed by atoms with Crippen molar-refractivity contribution in [3.63, 3.8) is 0 Å². The molecule has 0 atom stereocenters. The van der Waals surface area contributed by atoms with Crippen molar-refractivity contribution in [1.82, 2.24) is 9.78 Å². The predicted octanol–water partition coefficient (Wildman–Crippen LogP) is 3.95. The molecule has 1 heterocycles. The molecule has 0 bridgehead atoms. The topological polar surface area (TPSA) is 88.5 Å². The number of benzene rings is 1. The highest BCUT2D eigenvalue weighted by atomic mass is 35.5. The van der Waals surface area contributed by atoms with Gasteiger partial charge in [0.1, 0.15) is 0 Å². The molecule has 0 unspecified atom stereocenters. The molecule has 1 aromatic heterocycles. The van der Waals surface area contributed by atoms with E-state index in [4.69, 9.17) is 52.8 Å². The number of thiocarbonyl (C=S) groups is 1. The molecule has 0 spiro atoms. The van der Waals surface area contributed by atoms with Crippen molar-refractivity contribution in [1.29, 1.82) is 0 Å². The van der Waals surface area contributed by atoms with Gasteiger partial charge < -0.3 is 5.73 Å². The number of azo groups is 1. The van der Waals surface area contributed by atoms with Crippen molar-refractivity contribution in [2.24, 2.45) is 16.0 Å². The van der Waals surface area contributed by atoms with Crippen molar-refractivity contribution in [3.05, 3.63) is 43.2 Å². The molecule has 2 aromatic rings. The van der Waals surface area contributed by atoms with E-state index in [0.29, 0.717) is 11.4 Å². The molecule has 10 heteroatoms. The van der Waals surface area contributed by atoms with E-state index in [9.17, 15) is 4.79 Å². The van der Waals surface area contributed by atoms with Crippen LogP contribution in [0.3, 0.4) is 0 Å². The van der Waals surface area contributed by atoms with E-state index < -0.39 is 5.56 Å². The molecule has 2 rings (SSSR count). The summed E-state index contributed by atoms with van der Waals surface area (Å²) in [5, 5.41) is 11.1. The van der Waals surface area contributed by atoms with Gasteiger partial charge in [0.25, 0.3) is 0 Å². The Bertz CT molecular complexity index is 788. The number of hydrogen-bond donors (Lipinski definition) is 2. The van der Waals surface area contributed by atoms with Crippen molar-refractivity contribution in [2.75, 3.05) is 0 Å². The van der Waals surface area contributed by atoms with Gasteiger partial charge in [0.05, 0.1) is 26.4 Å². The Hall–Kier alpha value is -1.41. The fraction of sp³-hybridized carbons (Fsp3) is 0.0909. The highest BCUT2D eigenvalue weighted by Gasteiger charge is 2.12. The van der Waals surface area contributed by atoms with Gasteiger partial charge in [-0.15, -0.1) is 5.11 Å². The number of aromatic amines is 1. The van der Waals surface area contributed by atoms with E-state index >= 15 is 0 Å². The molecule has 0 saturated carbocycles. The second kappa shape index (κ2) is 6.15. The number of H-pyrrole nitrogens is 1. The minimum Gasteiger partial charge on any atom is -0.374 e. The fourth-order valence-electron chi connectivity index (χ4n) is 1.52. The van der Waals surface area contributed by atoms with Crippen molar-refractivity contribution < 1.29 is 0 Å². The van der Waals surface area contributed by atoms with Gasteiger partial charge in [-0.1, -0.05) is 34.8 Å². The van der Waals surface area contributed by atoms with Crippen LogP contribution >= 0.6 is 47.0 Å². The molecule has 6 nitrogen and oxygen atoms in total. The van der Waals surface area contributed by atoms with Crippen LogP contribution in [0.4, 0.5) is 11.4 Å². The molecule has 0 aliphatic carbocycles. The lowest BCUT2D eigenvalue weighted by Gasteiger charge is -1.99. The standard InChI is InChI=1S/C11H8Cl3N5OS/c1-4-9(10(20)19(18-4)11(15)21)17-16-5-2-6(12)8(14)7(13)3-5/h2-3,18H,1H3,(H2,15,21). The van der Waals surface area contributed by atoms with Crippen LogP contribution in [0.2, 0.25) is 15.1 Å². The Balaban J connectivity index is 2.43. The molecule has 0 aliphatic heterocycles. The third-order valence-corrected chi connectivity index (χ3v) is 3.87. The summed E-state index contributed by atoms with van der Waals surface area (Å²) in [5.41, 5.74) is 5.83. The molecule has 0 saturated heterocycles. The predicted molar refractivity (Wildman–Crippen MR) is 87.6 cm³/mol. The first kappa shape index (κ1) is 16.0. The first-order valence-corrected chi connectivity index (χ1v) is 7.03. The maximum atomic E-state index is 12.0. The molecule has 0 aliphatic rings. The number of halogens is 3. The van der Waals surface area contributed by atoms with Crippen LogP contribution in [-0.2, 0) is 0 Å². The highest BCUT2D eigenvalue weighted by molar-refractivity contribution is 7.80. The van der Waals surface area contributed by atoms with Crippen LogP contribution in [-0.4, -0.2) is 14.9 Å². The van der Waals surface area contributed by atoms with E-state index in [-0.39, 0.29) is 25.9 Å². The van der Waals surface area contributed by atoms with Gasteiger partial charge in [-0.05, 0) is 31.3 Å². The molecular weight excluding hydrogens is 357 g/mol. The van der Waals surface area contributed by atoms with Crippen LogP contribution in [0, 0.1) is 6.92 Å². The number of rotatable bonds is 2. The Kier molecular flexibility index (Phi) is 4.67. The van der Waals surface area contributed by atoms with Crippen LogP contribution in [0.15, 0.2) is 27.2 Å². The van der Waals surface area contributed by atoms with E-state index in [1.54, 1.807) is 6.92 Å². The van der Waals surface area contributed by atoms with Gasteiger partial charge >= 0.3 is 5.56 Å². The largest absolute Gasteiger partial charge is 0.374 e. The van der Waals surface area contributed by atoms with Gasteiger partial charge in [0, 0.05) is 0 Å². The second-order valence-electron chi connectivity index (χ2n) is 3.99. The monoisotopic (exact) mass is 363 g/mol. The Morgan fingerprint density at radius 3 is 2.33 bits per heavy atom. The van der Waals surface area contributed by atoms with Gasteiger partial charge in [-0.2, -0.15) is 9.80 Å². The van der Waals surface area contributed by atoms with Gasteiger partial charge in [0.2, 0.25) is 0 Å². The third kappa shape index (κ3) is 3.26. The average Bonchev–Trinajstić information content (AvgIpc) is 2.69. The maximum Gasteiger partial charge on any atom is 0.301 e. The lowest BCUT2D eigenvalue weighted by atomic mass is 10.3. The lowest BCUT2D eigenvalue weighted by molar-refractivity contribution is 0.889. The zero-order valence-electron chi connectivity index (χ0n) is 10.5. The first-order valence-electron chi connectivity index (χ1n) is 5.49. The molecule has 1 aromatic carbocycles. The minimum atomic E-state index is -0.491. The second-order valence-corrected chi connectivity index (χ2v) is 5.60. The average molecular weight is 365 g/mol. The molecule has 3 N–H and O–H groups in total. The molecule has 0 amide bonds. The summed E-state index contributed by atoms with van der Waals surface area (Å²) in [6, 6.07) is 2.96. The van der Waals surface area contributed by atoms with Crippen LogP contribution < -0.4 is 11.3 Å². The summed E-state index contributed by atoms with van der Waals surface area (Å²) in [5.74, 6) is 0. The number of nitrogens with zero attached hydrogens (tertiary/aromatic N) is 3. The van der Waals surface area contributed by atoms with E-state index in [1.165, 1.54) is 12.1 Å². The van der Waals surface area contributed by atoms with E-state index in [2.05, 4.69) is 15.3 Å². The molecule has 0 fully saturated rings. The third-order valence-electron chi connectivity index (χ3n) is 2.49. The quantitative estimate of drug-likeness (QED) is 0.480. The van der Waals surface area contributed by atoms with Crippen molar-refractivity contribution in [3.8, 4) is 0 Å². The highest BCUT2D eigenvalue weighted by Crippen LogP contribution is 2.34. The van der Waals surface area contributed by atoms with Crippen molar-refractivity contribution >= 4 is 63.5 Å². The fourth-order valence-corrected chi connectivity index (χ4v) is 2.23. The summed E-state index contributed by atoms with van der Waals surface area (Å²) in [7, 11) is 0. The number of aryl methyl sites for hydroxylation is 1. The molecule has 0 radical (unpaired) electrons. The Morgan fingerprint density at radius 1 is 1.29 bits per heavy atom. The minimum absolute atomic E-state index is 0.0880. The van der Waals surface area contributed by atoms with Crippen LogP contribution in [0.5, 0.6) is 0 Å². The molecule has 21 heavy (non-hydrogen) atoms. The normalized spacial score (nSPS) is 11.2. The summed E-state index contributed by atoms with van der Waals surface area (Å²) in [6.07, 6.45) is 0. The van der Waals surface area contributed by atoms with Gasteiger partial charge in [0.15, 0.2) is 10.8 Å². The Labute approximate surface area is 139 Å². The van der Waals surface area contributed by atoms with Gasteiger partial charge in [-0.3, -0.25) is 9.89 Å². The Morgan fingerprint density at radius 2 is 1.86 bits per heavy atom. The van der Waals surface area contributed by atoms with Crippen molar-refractivity contribution in [2.45, 2.75) is 6.92 Å². The summed E-state index contributed by atoms with van der Waals surface area (Å²) >= 11 is 22.3. The molecule has 110 valence electrons. The van der Waals surface area contributed by atoms with E-state index in [0.717, 1.165) is 4.68 Å². The maximum absolute atomic E-state index is 12.0. The van der Waals surface area contributed by atoms with Crippen LogP contribution in [0.1, 0.15) is 5.69 Å². The summed E-state index contributed by atoms with van der Waals surface area (Å²) < 4.78 is 1.00. The molecular formula is C11H8Cl3N5OS. The smallest absolute Gasteiger partial charge is 0.301 e. The first-order chi connectivity index (χ1) is 9.81.